The molecular formula is C18H26N2O5. The second kappa shape index (κ2) is 9.15. The minimum absolute atomic E-state index is 0.102. The van der Waals surface area contributed by atoms with E-state index in [1.807, 2.05) is 6.07 Å². The molecule has 0 aromatic heterocycles. The van der Waals surface area contributed by atoms with Gasteiger partial charge in [-0.05, 0) is 37.3 Å². The number of carbonyl (C=O) groups is 2. The second-order valence-corrected chi connectivity index (χ2v) is 5.90. The van der Waals surface area contributed by atoms with Crippen molar-refractivity contribution in [1.29, 1.82) is 0 Å². The van der Waals surface area contributed by atoms with Gasteiger partial charge in [0.15, 0.2) is 11.5 Å². The van der Waals surface area contributed by atoms with Crippen LogP contribution in [0, 0.1) is 0 Å². The summed E-state index contributed by atoms with van der Waals surface area (Å²) in [5.41, 5.74) is 0.848. The molecule has 1 aromatic carbocycles. The van der Waals surface area contributed by atoms with E-state index in [0.29, 0.717) is 36.6 Å². The second-order valence-electron chi connectivity index (χ2n) is 5.90. The van der Waals surface area contributed by atoms with Gasteiger partial charge in [0.1, 0.15) is 6.04 Å². The molecule has 2 N–H and O–H groups in total. The first-order chi connectivity index (χ1) is 12.1. The molecule has 1 aliphatic heterocycles. The third kappa shape index (κ3) is 4.78. The highest BCUT2D eigenvalue weighted by Crippen LogP contribution is 2.40. The molecule has 1 aromatic rings. The molecule has 1 aliphatic rings. The first-order valence-corrected chi connectivity index (χ1v) is 8.45. The molecule has 7 nitrogen and oxygen atoms in total. The molecule has 1 fully saturated rings. The third-order valence-corrected chi connectivity index (χ3v) is 4.28. The summed E-state index contributed by atoms with van der Waals surface area (Å²) in [7, 11) is 4.65. The van der Waals surface area contributed by atoms with Crippen molar-refractivity contribution < 1.29 is 23.8 Å². The smallest absolute Gasteiger partial charge is 0.242 e. The fraction of sp³-hybridized carbons (Fsp3) is 0.556. The summed E-state index contributed by atoms with van der Waals surface area (Å²) in [4.78, 5) is 24.1. The van der Waals surface area contributed by atoms with Gasteiger partial charge in [-0.1, -0.05) is 6.07 Å². The SMILES string of the molecule is COc1ccc(CCC(=O)N[C@@H]2CCCCNC2=O)c(OC)c1OC. The van der Waals surface area contributed by atoms with Crippen LogP contribution < -0.4 is 24.8 Å². The highest BCUT2D eigenvalue weighted by Gasteiger charge is 2.22. The number of amides is 2. The van der Waals surface area contributed by atoms with E-state index in [1.54, 1.807) is 27.4 Å². The summed E-state index contributed by atoms with van der Waals surface area (Å²) in [5.74, 6) is 1.38. The molecule has 0 saturated carbocycles. The summed E-state index contributed by atoms with van der Waals surface area (Å²) in [6, 6.07) is 3.20. The summed E-state index contributed by atoms with van der Waals surface area (Å²) in [5, 5.41) is 5.64. The molecule has 0 bridgehead atoms. The highest BCUT2D eigenvalue weighted by molar-refractivity contribution is 5.87. The Morgan fingerprint density at radius 2 is 1.92 bits per heavy atom. The van der Waals surface area contributed by atoms with E-state index in [9.17, 15) is 9.59 Å². The lowest BCUT2D eigenvalue weighted by Gasteiger charge is -2.17. The van der Waals surface area contributed by atoms with Crippen molar-refractivity contribution in [3.05, 3.63) is 17.7 Å². The molecular weight excluding hydrogens is 324 g/mol. The molecule has 1 atom stereocenters. The van der Waals surface area contributed by atoms with Gasteiger partial charge < -0.3 is 24.8 Å². The van der Waals surface area contributed by atoms with Gasteiger partial charge in [0.05, 0.1) is 21.3 Å². The zero-order valence-corrected chi connectivity index (χ0v) is 15.0. The van der Waals surface area contributed by atoms with Crippen LogP contribution in [0.25, 0.3) is 0 Å². The maximum atomic E-state index is 12.2. The Labute approximate surface area is 148 Å². The van der Waals surface area contributed by atoms with Crippen molar-refractivity contribution in [2.75, 3.05) is 27.9 Å². The monoisotopic (exact) mass is 350 g/mol. The van der Waals surface area contributed by atoms with Crippen molar-refractivity contribution in [2.45, 2.75) is 38.1 Å². The molecule has 7 heteroatoms. The van der Waals surface area contributed by atoms with Crippen LogP contribution in [-0.4, -0.2) is 45.7 Å². The molecule has 1 heterocycles. The molecule has 0 aliphatic carbocycles. The molecule has 0 spiro atoms. The van der Waals surface area contributed by atoms with Crippen LogP contribution in [0.1, 0.15) is 31.2 Å². The Morgan fingerprint density at radius 1 is 1.16 bits per heavy atom. The molecule has 2 amide bonds. The topological polar surface area (TPSA) is 85.9 Å². The maximum absolute atomic E-state index is 12.2. The predicted octanol–water partition coefficient (Wildman–Crippen LogP) is 1.43. The number of aryl methyl sites for hydroxylation is 1. The zero-order chi connectivity index (χ0) is 18.2. The van der Waals surface area contributed by atoms with Crippen LogP contribution in [0.15, 0.2) is 12.1 Å². The minimum Gasteiger partial charge on any atom is -0.493 e. The van der Waals surface area contributed by atoms with Crippen LogP contribution in [0.5, 0.6) is 17.2 Å². The van der Waals surface area contributed by atoms with Crippen LogP contribution >= 0.6 is 0 Å². The normalized spacial score (nSPS) is 17.2. The number of rotatable bonds is 7. The van der Waals surface area contributed by atoms with Gasteiger partial charge in [0.25, 0.3) is 0 Å². The number of hydrogen-bond donors (Lipinski definition) is 2. The Balaban J connectivity index is 2.00. The van der Waals surface area contributed by atoms with Gasteiger partial charge in [0, 0.05) is 13.0 Å². The number of ether oxygens (including phenoxy) is 3. The highest BCUT2D eigenvalue weighted by atomic mass is 16.5. The molecule has 1 saturated heterocycles. The van der Waals surface area contributed by atoms with E-state index < -0.39 is 6.04 Å². The van der Waals surface area contributed by atoms with E-state index >= 15 is 0 Å². The van der Waals surface area contributed by atoms with Crippen LogP contribution in [0.3, 0.4) is 0 Å². The average Bonchev–Trinajstić information content (AvgIpc) is 2.83. The molecule has 2 rings (SSSR count). The molecule has 0 radical (unpaired) electrons. The van der Waals surface area contributed by atoms with E-state index in [2.05, 4.69) is 10.6 Å². The lowest BCUT2D eigenvalue weighted by molar-refractivity contribution is -0.128. The zero-order valence-electron chi connectivity index (χ0n) is 15.0. The summed E-state index contributed by atoms with van der Waals surface area (Å²) < 4.78 is 16.0. The fourth-order valence-electron chi connectivity index (χ4n) is 2.95. The standard InChI is InChI=1S/C18H26N2O5/c1-23-14-9-7-12(16(24-2)17(14)25-3)8-10-15(21)20-13-6-4-5-11-19-18(13)22/h7,9,13H,4-6,8,10-11H2,1-3H3,(H,19,22)(H,20,21)/t13-/m1/s1. The number of benzene rings is 1. The number of nitrogens with one attached hydrogen (secondary N) is 2. The van der Waals surface area contributed by atoms with Gasteiger partial charge in [-0.2, -0.15) is 0 Å². The maximum Gasteiger partial charge on any atom is 0.242 e. The van der Waals surface area contributed by atoms with Crippen LogP contribution in [0.4, 0.5) is 0 Å². The molecule has 25 heavy (non-hydrogen) atoms. The minimum atomic E-state index is -0.442. The third-order valence-electron chi connectivity index (χ3n) is 4.28. The predicted molar refractivity (Wildman–Crippen MR) is 93.2 cm³/mol. The lowest BCUT2D eigenvalue weighted by atomic mass is 10.1. The quantitative estimate of drug-likeness (QED) is 0.777. The van der Waals surface area contributed by atoms with Crippen molar-refractivity contribution in [2.24, 2.45) is 0 Å². The van der Waals surface area contributed by atoms with Crippen LogP contribution in [0.2, 0.25) is 0 Å². The summed E-state index contributed by atoms with van der Waals surface area (Å²) in [6.45, 7) is 0.675. The van der Waals surface area contributed by atoms with Crippen molar-refractivity contribution in [3.63, 3.8) is 0 Å². The Kier molecular flexibility index (Phi) is 6.91. The number of carbonyl (C=O) groups excluding carboxylic acids is 2. The van der Waals surface area contributed by atoms with Crippen molar-refractivity contribution in [3.8, 4) is 17.2 Å². The molecule has 0 unspecified atom stereocenters. The average molecular weight is 350 g/mol. The van der Waals surface area contributed by atoms with Crippen molar-refractivity contribution >= 4 is 11.8 Å². The Hall–Kier alpha value is -2.44. The fourth-order valence-corrected chi connectivity index (χ4v) is 2.95. The van der Waals surface area contributed by atoms with Crippen LogP contribution in [-0.2, 0) is 16.0 Å². The first kappa shape index (κ1) is 18.9. The summed E-state index contributed by atoms with van der Waals surface area (Å²) in [6.07, 6.45) is 3.28. The Bertz CT molecular complexity index is 618. The van der Waals surface area contributed by atoms with Gasteiger partial charge in [-0.3, -0.25) is 9.59 Å². The van der Waals surface area contributed by atoms with E-state index in [0.717, 1.165) is 18.4 Å². The largest absolute Gasteiger partial charge is 0.493 e. The summed E-state index contributed by atoms with van der Waals surface area (Å²) >= 11 is 0. The molecule has 138 valence electrons. The first-order valence-electron chi connectivity index (χ1n) is 8.45. The van der Waals surface area contributed by atoms with Crippen molar-refractivity contribution in [1.82, 2.24) is 10.6 Å². The number of methoxy groups -OCH3 is 3. The van der Waals surface area contributed by atoms with E-state index in [4.69, 9.17) is 14.2 Å². The van der Waals surface area contributed by atoms with Gasteiger partial charge in [0.2, 0.25) is 17.6 Å². The van der Waals surface area contributed by atoms with E-state index in [1.165, 1.54) is 0 Å². The number of hydrogen-bond acceptors (Lipinski definition) is 5. The van der Waals surface area contributed by atoms with E-state index in [-0.39, 0.29) is 18.2 Å². The van der Waals surface area contributed by atoms with Gasteiger partial charge in [-0.25, -0.2) is 0 Å². The van der Waals surface area contributed by atoms with Gasteiger partial charge >= 0.3 is 0 Å². The van der Waals surface area contributed by atoms with Gasteiger partial charge in [-0.15, -0.1) is 0 Å². The Morgan fingerprint density at radius 3 is 2.60 bits per heavy atom. The lowest BCUT2D eigenvalue weighted by Crippen LogP contribution is -2.45.